The van der Waals surface area contributed by atoms with Gasteiger partial charge in [0.05, 0.1) is 11.4 Å². The van der Waals surface area contributed by atoms with Gasteiger partial charge in [-0.2, -0.15) is 5.10 Å². The Kier molecular flexibility index (Phi) is 4.87. The molecule has 0 radical (unpaired) electrons. The second-order valence-electron chi connectivity index (χ2n) is 7.25. The van der Waals surface area contributed by atoms with Crippen molar-refractivity contribution in [2.24, 2.45) is 12.8 Å². The van der Waals surface area contributed by atoms with Gasteiger partial charge < -0.3 is 5.73 Å². The zero-order chi connectivity index (χ0) is 20.7. The van der Waals surface area contributed by atoms with Crippen molar-refractivity contribution < 1.29 is 13.6 Å². The molecule has 0 aliphatic carbocycles. The molecule has 1 aromatic carbocycles. The van der Waals surface area contributed by atoms with Crippen molar-refractivity contribution in [1.29, 1.82) is 0 Å². The van der Waals surface area contributed by atoms with Crippen LogP contribution in [-0.4, -0.2) is 32.1 Å². The number of halogens is 2. The molecule has 1 atom stereocenters. The summed E-state index contributed by atoms with van der Waals surface area (Å²) in [6.45, 7) is 3.39. The third-order valence-electron chi connectivity index (χ3n) is 5.51. The molecule has 0 bridgehead atoms. The minimum Gasteiger partial charge on any atom is -0.364 e. The van der Waals surface area contributed by atoms with Crippen LogP contribution in [-0.2, 0) is 20.0 Å². The summed E-state index contributed by atoms with van der Waals surface area (Å²) in [6.07, 6.45) is 2.37. The van der Waals surface area contributed by atoms with Crippen molar-refractivity contribution in [2.45, 2.75) is 25.9 Å². The van der Waals surface area contributed by atoms with Crippen LogP contribution in [0.2, 0.25) is 0 Å². The molecule has 0 saturated heterocycles. The van der Waals surface area contributed by atoms with Gasteiger partial charge in [0.25, 0.3) is 5.91 Å². The number of nitrogens with two attached hydrogens (primary N) is 1. The Morgan fingerprint density at radius 1 is 1.24 bits per heavy atom. The van der Waals surface area contributed by atoms with Crippen molar-refractivity contribution in [3.8, 4) is 11.1 Å². The van der Waals surface area contributed by atoms with E-state index in [-0.39, 0.29) is 17.3 Å². The number of carbonyl (C=O) groups is 1. The minimum atomic E-state index is -0.687. The molecule has 2 N–H and O–H groups in total. The Bertz CT molecular complexity index is 1090. The van der Waals surface area contributed by atoms with Gasteiger partial charge in [0, 0.05) is 44.0 Å². The highest BCUT2D eigenvalue weighted by Crippen LogP contribution is 2.37. The molecule has 0 unspecified atom stereocenters. The number of aromatic nitrogens is 3. The quantitative estimate of drug-likeness (QED) is 0.734. The molecule has 2 aromatic heterocycles. The maximum Gasteiger partial charge on any atom is 0.267 e. The summed E-state index contributed by atoms with van der Waals surface area (Å²) in [5.74, 6) is -2.02. The number of nitrogens with zero attached hydrogens (tertiary/aromatic N) is 4. The van der Waals surface area contributed by atoms with Gasteiger partial charge in [-0.05, 0) is 48.7 Å². The van der Waals surface area contributed by atoms with Gasteiger partial charge in [-0.15, -0.1) is 0 Å². The maximum atomic E-state index is 14.5. The minimum absolute atomic E-state index is 0.0664. The maximum absolute atomic E-state index is 14.5. The summed E-state index contributed by atoms with van der Waals surface area (Å²) in [4.78, 5) is 18.6. The van der Waals surface area contributed by atoms with Crippen LogP contribution in [0.25, 0.3) is 11.1 Å². The van der Waals surface area contributed by atoms with E-state index in [0.717, 1.165) is 23.9 Å². The van der Waals surface area contributed by atoms with E-state index in [1.54, 1.807) is 6.20 Å². The Hall–Kier alpha value is -3.13. The molecule has 1 aliphatic heterocycles. The van der Waals surface area contributed by atoms with E-state index in [2.05, 4.69) is 15.0 Å². The van der Waals surface area contributed by atoms with E-state index in [1.807, 2.05) is 24.7 Å². The molecule has 0 spiro atoms. The first-order valence-electron chi connectivity index (χ1n) is 9.35. The lowest BCUT2D eigenvalue weighted by atomic mass is 9.89. The normalized spacial score (nSPS) is 16.6. The van der Waals surface area contributed by atoms with Crippen molar-refractivity contribution in [3.63, 3.8) is 0 Å². The SMILES string of the molecule is C[C@@H]1c2nc(C(N)=O)cc(-c3ccc(F)cc3F)c2CCN1Cc1ccnn1C. The predicted octanol–water partition coefficient (Wildman–Crippen LogP) is 2.98. The molecule has 0 saturated carbocycles. The highest BCUT2D eigenvalue weighted by atomic mass is 19.1. The molecule has 150 valence electrons. The van der Waals surface area contributed by atoms with Gasteiger partial charge in [-0.1, -0.05) is 0 Å². The molecular weight excluding hydrogens is 376 g/mol. The fourth-order valence-corrected chi connectivity index (χ4v) is 3.88. The lowest BCUT2D eigenvalue weighted by molar-refractivity contribution is 0.0994. The molecule has 8 heteroatoms. The van der Waals surface area contributed by atoms with E-state index in [1.165, 1.54) is 18.2 Å². The van der Waals surface area contributed by atoms with Gasteiger partial charge in [0.2, 0.25) is 0 Å². The molecular formula is C21H21F2N5O. The van der Waals surface area contributed by atoms with Crippen LogP contribution >= 0.6 is 0 Å². The third kappa shape index (κ3) is 3.51. The largest absolute Gasteiger partial charge is 0.364 e. The topological polar surface area (TPSA) is 77.0 Å². The summed E-state index contributed by atoms with van der Waals surface area (Å²) < 4.78 is 29.7. The van der Waals surface area contributed by atoms with Crippen molar-refractivity contribution >= 4 is 5.91 Å². The number of rotatable bonds is 4. The Morgan fingerprint density at radius 2 is 2.03 bits per heavy atom. The molecule has 4 rings (SSSR count). The first kappa shape index (κ1) is 19.2. The van der Waals surface area contributed by atoms with Crippen LogP contribution in [0.1, 0.15) is 40.4 Å². The van der Waals surface area contributed by atoms with Crippen molar-refractivity contribution in [1.82, 2.24) is 19.7 Å². The number of pyridine rings is 1. The number of hydrogen-bond donors (Lipinski definition) is 1. The van der Waals surface area contributed by atoms with Gasteiger partial charge in [-0.25, -0.2) is 13.8 Å². The molecule has 29 heavy (non-hydrogen) atoms. The van der Waals surface area contributed by atoms with E-state index in [0.29, 0.717) is 24.2 Å². The Morgan fingerprint density at radius 3 is 2.69 bits per heavy atom. The lowest BCUT2D eigenvalue weighted by Crippen LogP contribution is -2.35. The average molecular weight is 397 g/mol. The second-order valence-corrected chi connectivity index (χ2v) is 7.25. The zero-order valence-electron chi connectivity index (χ0n) is 16.2. The second kappa shape index (κ2) is 7.36. The van der Waals surface area contributed by atoms with Crippen LogP contribution in [0.15, 0.2) is 36.5 Å². The first-order chi connectivity index (χ1) is 13.8. The number of amides is 1. The summed E-state index contributed by atoms with van der Waals surface area (Å²) in [6, 6.07) is 6.77. The monoisotopic (exact) mass is 397 g/mol. The number of primary amides is 1. The molecule has 3 heterocycles. The van der Waals surface area contributed by atoms with E-state index >= 15 is 0 Å². The highest BCUT2D eigenvalue weighted by Gasteiger charge is 2.30. The number of carbonyl (C=O) groups excluding carboxylic acids is 1. The Labute approximate surface area is 167 Å². The van der Waals surface area contributed by atoms with Crippen LogP contribution in [0.4, 0.5) is 8.78 Å². The van der Waals surface area contributed by atoms with Crippen LogP contribution < -0.4 is 5.73 Å². The summed E-state index contributed by atoms with van der Waals surface area (Å²) in [5, 5.41) is 4.20. The smallest absolute Gasteiger partial charge is 0.267 e. The highest BCUT2D eigenvalue weighted by molar-refractivity contribution is 5.92. The Balaban J connectivity index is 1.80. The van der Waals surface area contributed by atoms with E-state index < -0.39 is 17.5 Å². The van der Waals surface area contributed by atoms with Gasteiger partial charge in [-0.3, -0.25) is 14.4 Å². The number of benzene rings is 1. The molecule has 0 fully saturated rings. The molecule has 6 nitrogen and oxygen atoms in total. The van der Waals surface area contributed by atoms with E-state index in [4.69, 9.17) is 5.73 Å². The summed E-state index contributed by atoms with van der Waals surface area (Å²) in [5.41, 5.74) is 8.92. The predicted molar refractivity (Wildman–Crippen MR) is 104 cm³/mol. The molecule has 3 aromatic rings. The van der Waals surface area contributed by atoms with Crippen LogP contribution in [0.3, 0.4) is 0 Å². The fourth-order valence-electron chi connectivity index (χ4n) is 3.88. The fraction of sp³-hybridized carbons (Fsp3) is 0.286. The number of fused-ring (bicyclic) bond motifs is 1. The van der Waals surface area contributed by atoms with Gasteiger partial charge >= 0.3 is 0 Å². The number of aryl methyl sites for hydroxylation is 1. The van der Waals surface area contributed by atoms with Crippen LogP contribution in [0, 0.1) is 11.6 Å². The third-order valence-corrected chi connectivity index (χ3v) is 5.51. The standard InChI is InChI=1S/C21H21F2N5O/c1-12-20-16(6-8-28(12)11-14-5-7-25-27(14)2)17(10-19(26-20)21(24)29)15-4-3-13(22)9-18(15)23/h3-5,7,9-10,12H,6,8,11H2,1-2H3,(H2,24,29)/t12-/m1/s1. The summed E-state index contributed by atoms with van der Waals surface area (Å²) >= 11 is 0. The first-order valence-corrected chi connectivity index (χ1v) is 9.35. The van der Waals surface area contributed by atoms with Gasteiger partial charge in [0.15, 0.2) is 0 Å². The average Bonchev–Trinajstić information content (AvgIpc) is 3.08. The number of hydrogen-bond acceptors (Lipinski definition) is 4. The van der Waals surface area contributed by atoms with Crippen LogP contribution in [0.5, 0.6) is 0 Å². The zero-order valence-corrected chi connectivity index (χ0v) is 16.2. The molecule has 1 amide bonds. The van der Waals surface area contributed by atoms with Gasteiger partial charge in [0.1, 0.15) is 17.3 Å². The van der Waals surface area contributed by atoms with E-state index in [9.17, 15) is 13.6 Å². The molecule has 1 aliphatic rings. The van der Waals surface area contributed by atoms with Crippen molar-refractivity contribution in [2.75, 3.05) is 6.54 Å². The summed E-state index contributed by atoms with van der Waals surface area (Å²) in [7, 11) is 1.89. The lowest BCUT2D eigenvalue weighted by Gasteiger charge is -2.35. The van der Waals surface area contributed by atoms with Crippen molar-refractivity contribution in [3.05, 3.63) is 70.8 Å².